The molecule has 0 amide bonds. The van der Waals surface area contributed by atoms with Crippen LogP contribution in [0.5, 0.6) is 5.75 Å². The van der Waals surface area contributed by atoms with Gasteiger partial charge in [-0.1, -0.05) is 6.92 Å². The Labute approximate surface area is 101 Å². The van der Waals surface area contributed by atoms with E-state index in [0.717, 1.165) is 18.9 Å². The highest BCUT2D eigenvalue weighted by atomic mass is 19.3. The van der Waals surface area contributed by atoms with E-state index in [1.807, 2.05) is 6.92 Å². The Kier molecular flexibility index (Phi) is 4.46. The van der Waals surface area contributed by atoms with Gasteiger partial charge >= 0.3 is 0 Å². The molecule has 96 valence electrons. The molecule has 0 aliphatic rings. The fourth-order valence-electron chi connectivity index (χ4n) is 1.80. The molecule has 4 heteroatoms. The van der Waals surface area contributed by atoms with Crippen molar-refractivity contribution >= 4 is 0 Å². The topological polar surface area (TPSA) is 35.2 Å². The minimum atomic E-state index is -2.83. The molecule has 1 unspecified atom stereocenters. The van der Waals surface area contributed by atoms with Gasteiger partial charge in [0, 0.05) is 12.5 Å². The van der Waals surface area contributed by atoms with Crippen LogP contribution in [-0.4, -0.2) is 13.7 Å². The van der Waals surface area contributed by atoms with Gasteiger partial charge in [0.15, 0.2) is 0 Å². The maximum Gasteiger partial charge on any atom is 0.270 e. The molecule has 0 aliphatic heterocycles. The summed E-state index contributed by atoms with van der Waals surface area (Å²) in [6.45, 7) is 3.38. The van der Waals surface area contributed by atoms with Crippen LogP contribution in [0.4, 0.5) is 8.78 Å². The van der Waals surface area contributed by atoms with Gasteiger partial charge in [0.25, 0.3) is 5.92 Å². The quantitative estimate of drug-likeness (QED) is 0.861. The first-order valence-electron chi connectivity index (χ1n) is 5.66. The van der Waals surface area contributed by atoms with Crippen molar-refractivity contribution in [3.63, 3.8) is 0 Å². The Morgan fingerprint density at radius 1 is 1.41 bits per heavy atom. The lowest BCUT2D eigenvalue weighted by Gasteiger charge is -2.18. The van der Waals surface area contributed by atoms with E-state index in [-0.39, 0.29) is 11.5 Å². The maximum atomic E-state index is 13.3. The minimum Gasteiger partial charge on any atom is -0.496 e. The summed E-state index contributed by atoms with van der Waals surface area (Å²) in [5.41, 5.74) is 6.29. The third kappa shape index (κ3) is 3.40. The van der Waals surface area contributed by atoms with E-state index < -0.39 is 5.92 Å². The van der Waals surface area contributed by atoms with Gasteiger partial charge in [-0.25, -0.2) is 8.78 Å². The number of ether oxygens (including phenoxy) is 1. The Bertz CT molecular complexity index is 374. The molecule has 0 heterocycles. The molecule has 0 saturated heterocycles. The second-order valence-electron chi connectivity index (χ2n) is 4.32. The zero-order valence-corrected chi connectivity index (χ0v) is 10.5. The number of nitrogens with two attached hydrogens (primary N) is 1. The lowest BCUT2D eigenvalue weighted by Crippen LogP contribution is -2.10. The van der Waals surface area contributed by atoms with E-state index in [9.17, 15) is 8.78 Å². The number of rotatable bonds is 5. The van der Waals surface area contributed by atoms with E-state index in [2.05, 4.69) is 0 Å². The molecule has 2 N–H and O–H groups in total. The lowest BCUT2D eigenvalue weighted by atomic mass is 9.94. The minimum absolute atomic E-state index is 0.0113. The molecule has 17 heavy (non-hydrogen) atoms. The Morgan fingerprint density at radius 3 is 2.53 bits per heavy atom. The molecule has 0 spiro atoms. The number of hydrogen-bond acceptors (Lipinski definition) is 2. The summed E-state index contributed by atoms with van der Waals surface area (Å²) in [5, 5.41) is 0. The summed E-state index contributed by atoms with van der Waals surface area (Å²) in [7, 11) is 1.54. The summed E-state index contributed by atoms with van der Waals surface area (Å²) in [6, 6.07) is 4.51. The average molecular weight is 243 g/mol. The van der Waals surface area contributed by atoms with Gasteiger partial charge in [-0.05, 0) is 42.6 Å². The van der Waals surface area contributed by atoms with Gasteiger partial charge in [0.05, 0.1) is 7.11 Å². The summed E-state index contributed by atoms with van der Waals surface area (Å²) in [6.07, 6.45) is 0.745. The van der Waals surface area contributed by atoms with Gasteiger partial charge in [-0.15, -0.1) is 0 Å². The van der Waals surface area contributed by atoms with Crippen molar-refractivity contribution in [1.29, 1.82) is 0 Å². The molecule has 0 saturated carbocycles. The van der Waals surface area contributed by atoms with Crippen molar-refractivity contribution in [3.05, 3.63) is 29.3 Å². The van der Waals surface area contributed by atoms with Crippen LogP contribution in [0.15, 0.2) is 18.2 Å². The zero-order valence-electron chi connectivity index (χ0n) is 10.5. The number of alkyl halides is 2. The van der Waals surface area contributed by atoms with Crippen LogP contribution in [-0.2, 0) is 5.92 Å². The van der Waals surface area contributed by atoms with Crippen molar-refractivity contribution < 1.29 is 13.5 Å². The first-order valence-corrected chi connectivity index (χ1v) is 5.66. The highest BCUT2D eigenvalue weighted by Crippen LogP contribution is 2.34. The van der Waals surface area contributed by atoms with Crippen LogP contribution in [0.2, 0.25) is 0 Å². The number of methoxy groups -OCH3 is 1. The molecule has 0 fully saturated rings. The van der Waals surface area contributed by atoms with Crippen molar-refractivity contribution in [3.8, 4) is 5.75 Å². The number of hydrogen-bond donors (Lipinski definition) is 1. The van der Waals surface area contributed by atoms with E-state index in [1.165, 1.54) is 19.2 Å². The van der Waals surface area contributed by atoms with Crippen LogP contribution in [0.1, 0.15) is 37.3 Å². The third-order valence-corrected chi connectivity index (χ3v) is 2.87. The predicted molar refractivity (Wildman–Crippen MR) is 64.6 cm³/mol. The summed E-state index contributed by atoms with van der Waals surface area (Å²) >= 11 is 0. The van der Waals surface area contributed by atoms with E-state index >= 15 is 0 Å². The van der Waals surface area contributed by atoms with E-state index in [0.29, 0.717) is 12.3 Å². The second kappa shape index (κ2) is 5.45. The largest absolute Gasteiger partial charge is 0.496 e. The van der Waals surface area contributed by atoms with E-state index in [4.69, 9.17) is 10.5 Å². The molecular weight excluding hydrogens is 224 g/mol. The van der Waals surface area contributed by atoms with Crippen LogP contribution in [0, 0.1) is 0 Å². The monoisotopic (exact) mass is 243 g/mol. The van der Waals surface area contributed by atoms with Gasteiger partial charge < -0.3 is 10.5 Å². The molecule has 1 aromatic carbocycles. The molecule has 1 atom stereocenters. The van der Waals surface area contributed by atoms with Crippen molar-refractivity contribution in [1.82, 2.24) is 0 Å². The van der Waals surface area contributed by atoms with Crippen LogP contribution < -0.4 is 10.5 Å². The summed E-state index contributed by atoms with van der Waals surface area (Å²) < 4.78 is 31.7. The molecule has 2 nitrogen and oxygen atoms in total. The van der Waals surface area contributed by atoms with Crippen molar-refractivity contribution in [2.45, 2.75) is 32.1 Å². The standard InChI is InChI=1S/C13H19F2NO/c1-9(6-7-16)11-8-10(13(2,14)15)4-5-12(11)17-3/h4-5,8-9H,6-7,16H2,1-3H3. The van der Waals surface area contributed by atoms with Gasteiger partial charge in [-0.3, -0.25) is 0 Å². The lowest BCUT2D eigenvalue weighted by molar-refractivity contribution is 0.0173. The van der Waals surface area contributed by atoms with Gasteiger partial charge in [0.2, 0.25) is 0 Å². The fourth-order valence-corrected chi connectivity index (χ4v) is 1.80. The van der Waals surface area contributed by atoms with Crippen LogP contribution in [0.25, 0.3) is 0 Å². The smallest absolute Gasteiger partial charge is 0.270 e. The molecule has 0 aliphatic carbocycles. The fraction of sp³-hybridized carbons (Fsp3) is 0.538. The van der Waals surface area contributed by atoms with E-state index in [1.54, 1.807) is 6.07 Å². The highest BCUT2D eigenvalue weighted by molar-refractivity contribution is 5.40. The first kappa shape index (κ1) is 13.9. The van der Waals surface area contributed by atoms with Gasteiger partial charge in [-0.2, -0.15) is 0 Å². The number of benzene rings is 1. The Balaban J connectivity index is 3.15. The Hall–Kier alpha value is -1.16. The average Bonchev–Trinajstić information content (AvgIpc) is 2.27. The van der Waals surface area contributed by atoms with Crippen molar-refractivity contribution in [2.24, 2.45) is 5.73 Å². The molecule has 0 aromatic heterocycles. The summed E-state index contributed by atoms with van der Waals surface area (Å²) in [5.74, 6) is -2.08. The Morgan fingerprint density at radius 2 is 2.06 bits per heavy atom. The van der Waals surface area contributed by atoms with Crippen LogP contribution >= 0.6 is 0 Å². The molecular formula is C13H19F2NO. The normalized spacial score (nSPS) is 13.5. The number of halogens is 2. The second-order valence-corrected chi connectivity index (χ2v) is 4.32. The SMILES string of the molecule is COc1ccc(C(C)(F)F)cc1C(C)CCN. The van der Waals surface area contributed by atoms with Gasteiger partial charge in [0.1, 0.15) is 5.75 Å². The summed E-state index contributed by atoms with van der Waals surface area (Å²) in [4.78, 5) is 0. The molecule has 1 aromatic rings. The zero-order chi connectivity index (χ0) is 13.1. The molecule has 0 radical (unpaired) electrons. The maximum absolute atomic E-state index is 13.3. The molecule has 0 bridgehead atoms. The molecule has 1 rings (SSSR count). The van der Waals surface area contributed by atoms with Crippen molar-refractivity contribution in [2.75, 3.05) is 13.7 Å². The van der Waals surface area contributed by atoms with Crippen LogP contribution in [0.3, 0.4) is 0 Å². The predicted octanol–water partition coefficient (Wildman–Crippen LogP) is 3.26. The highest BCUT2D eigenvalue weighted by Gasteiger charge is 2.26. The third-order valence-electron chi connectivity index (χ3n) is 2.87. The first-order chi connectivity index (χ1) is 7.90.